The van der Waals surface area contributed by atoms with Gasteiger partial charge in [-0.3, -0.25) is 19.2 Å². The van der Waals surface area contributed by atoms with Crippen molar-refractivity contribution in [2.45, 2.75) is 62.7 Å². The molecule has 0 fully saturated rings. The number of amides is 4. The second-order valence-electron chi connectivity index (χ2n) is 12.6. The number of benzene rings is 3. The Kier molecular flexibility index (Phi) is 16.2. The lowest BCUT2D eigenvalue weighted by molar-refractivity contribution is -0.145. The molecular weight excluding hydrogens is 769 g/mol. The van der Waals surface area contributed by atoms with E-state index in [-0.39, 0.29) is 38.5 Å². The largest absolute Gasteiger partial charge is 0.480 e. The normalized spacial score (nSPS) is 13.0. The van der Waals surface area contributed by atoms with Crippen molar-refractivity contribution in [3.8, 4) is 0 Å². The second kappa shape index (κ2) is 21.0. The molecular formula is C39H41Cl2N5O8S. The zero-order valence-corrected chi connectivity index (χ0v) is 32.1. The lowest BCUT2D eigenvalue weighted by Crippen LogP contribution is -2.56. The number of esters is 1. The molecule has 0 bridgehead atoms. The molecule has 4 atom stereocenters. The highest BCUT2D eigenvalue weighted by molar-refractivity contribution is 7.09. The molecule has 4 aromatic rings. The molecule has 0 spiro atoms. The highest BCUT2D eigenvalue weighted by Gasteiger charge is 2.29. The van der Waals surface area contributed by atoms with E-state index in [1.54, 1.807) is 78.9 Å². The van der Waals surface area contributed by atoms with Crippen molar-refractivity contribution in [1.82, 2.24) is 16.0 Å². The number of rotatable bonds is 19. The molecule has 3 aromatic carbocycles. The topological polar surface area (TPSA) is 206 Å². The monoisotopic (exact) mass is 809 g/mol. The van der Waals surface area contributed by atoms with Crippen molar-refractivity contribution in [2.75, 3.05) is 12.4 Å². The van der Waals surface area contributed by atoms with Crippen molar-refractivity contribution >= 4 is 75.8 Å². The SMILES string of the molecule is COC(=O)[C@H](Cc1ccc(NC(=O)CCC(=O)N[C@H](Cc2cccs2)C(=O)O)cc1)NC(=O)[C@@H](Cc1ccccc1)NC(=O)[C@@H](N)Cc1ccc(Cl)cc1Cl. The Balaban J connectivity index is 1.35. The molecule has 4 rings (SSSR count). The van der Waals surface area contributed by atoms with Crippen LogP contribution in [0.2, 0.25) is 10.0 Å². The van der Waals surface area contributed by atoms with E-state index >= 15 is 0 Å². The van der Waals surface area contributed by atoms with Crippen molar-refractivity contribution in [2.24, 2.45) is 5.73 Å². The summed E-state index contributed by atoms with van der Waals surface area (Å²) in [6.45, 7) is 0. The Morgan fingerprint density at radius 2 is 1.38 bits per heavy atom. The molecule has 0 saturated carbocycles. The summed E-state index contributed by atoms with van der Waals surface area (Å²) in [7, 11) is 1.19. The van der Waals surface area contributed by atoms with E-state index in [0.717, 1.165) is 10.4 Å². The van der Waals surface area contributed by atoms with E-state index in [1.807, 2.05) is 11.4 Å². The smallest absolute Gasteiger partial charge is 0.328 e. The molecule has 0 aliphatic heterocycles. The standard InChI is InChI=1S/C39H41Cl2N5O8S/c1-54-39(53)33(19-24-9-13-27(14-10-24)43-34(47)15-16-35(48)44-32(38(51)52)22-28-8-5-17-55-28)46-37(50)31(18-23-6-3-2-4-7-23)45-36(49)30(42)20-25-11-12-26(40)21-29(25)41/h2-14,17,21,30-33H,15-16,18-20,22,42H2,1H3,(H,43,47)(H,44,48)(H,45,49)(H,46,50)(H,51,52)/t30-,31+,32+,33-/m0/s1. The maximum Gasteiger partial charge on any atom is 0.328 e. The molecule has 4 amide bonds. The van der Waals surface area contributed by atoms with Gasteiger partial charge >= 0.3 is 11.9 Å². The minimum Gasteiger partial charge on any atom is -0.480 e. The van der Waals surface area contributed by atoms with E-state index in [9.17, 15) is 33.9 Å². The van der Waals surface area contributed by atoms with E-state index in [2.05, 4.69) is 21.3 Å². The third kappa shape index (κ3) is 13.8. The number of aliphatic carboxylic acids is 1. The van der Waals surface area contributed by atoms with Gasteiger partial charge in [0.2, 0.25) is 23.6 Å². The third-order valence-corrected chi connectivity index (χ3v) is 9.87. The Bertz CT molecular complexity index is 1950. The molecule has 0 radical (unpaired) electrons. The predicted octanol–water partition coefficient (Wildman–Crippen LogP) is 4.08. The van der Waals surface area contributed by atoms with Crippen molar-refractivity contribution in [1.29, 1.82) is 0 Å². The molecule has 1 aromatic heterocycles. The summed E-state index contributed by atoms with van der Waals surface area (Å²) in [6.07, 6.45) is -0.0562. The fourth-order valence-corrected chi connectivity index (χ4v) is 6.71. The van der Waals surface area contributed by atoms with Gasteiger partial charge in [-0.25, -0.2) is 9.59 Å². The number of hydrogen-bond donors (Lipinski definition) is 6. The molecule has 290 valence electrons. The van der Waals surface area contributed by atoms with Gasteiger partial charge in [0.15, 0.2) is 0 Å². The van der Waals surface area contributed by atoms with Crippen LogP contribution in [0, 0.1) is 0 Å². The maximum absolute atomic E-state index is 13.7. The Morgan fingerprint density at radius 3 is 2.02 bits per heavy atom. The van der Waals surface area contributed by atoms with Gasteiger partial charge in [-0.1, -0.05) is 77.8 Å². The number of carbonyl (C=O) groups is 6. The summed E-state index contributed by atoms with van der Waals surface area (Å²) >= 11 is 13.6. The Morgan fingerprint density at radius 1 is 0.727 bits per heavy atom. The van der Waals surface area contributed by atoms with Gasteiger partial charge in [0.25, 0.3) is 0 Å². The molecule has 0 aliphatic rings. The van der Waals surface area contributed by atoms with Gasteiger partial charge in [-0.05, 0) is 58.8 Å². The molecule has 7 N–H and O–H groups in total. The quantitative estimate of drug-likeness (QED) is 0.0754. The van der Waals surface area contributed by atoms with Crippen molar-refractivity contribution in [3.05, 3.63) is 122 Å². The number of halogens is 2. The lowest BCUT2D eigenvalue weighted by atomic mass is 10.0. The number of ether oxygens (including phenoxy) is 1. The van der Waals surface area contributed by atoms with E-state index in [1.165, 1.54) is 18.4 Å². The minimum atomic E-state index is -1.17. The van der Waals surface area contributed by atoms with Gasteiger partial charge < -0.3 is 36.8 Å². The molecule has 13 nitrogen and oxygen atoms in total. The van der Waals surface area contributed by atoms with Crippen LogP contribution in [0.3, 0.4) is 0 Å². The molecule has 0 aliphatic carbocycles. The first-order valence-corrected chi connectivity index (χ1v) is 18.8. The van der Waals surface area contributed by atoms with Crippen molar-refractivity contribution in [3.63, 3.8) is 0 Å². The number of anilines is 1. The number of nitrogens with two attached hydrogens (primary N) is 1. The third-order valence-electron chi connectivity index (χ3n) is 8.38. The molecule has 55 heavy (non-hydrogen) atoms. The van der Waals surface area contributed by atoms with Crippen LogP contribution in [0.15, 0.2) is 90.3 Å². The Hall–Kier alpha value is -5.28. The average molecular weight is 811 g/mol. The van der Waals surface area contributed by atoms with Crippen LogP contribution in [0.1, 0.15) is 34.4 Å². The highest BCUT2D eigenvalue weighted by atomic mass is 35.5. The molecule has 0 saturated heterocycles. The predicted molar refractivity (Wildman–Crippen MR) is 210 cm³/mol. The van der Waals surface area contributed by atoms with Gasteiger partial charge in [0.05, 0.1) is 13.2 Å². The van der Waals surface area contributed by atoms with Crippen LogP contribution < -0.4 is 27.0 Å². The number of methoxy groups -OCH3 is 1. The van der Waals surface area contributed by atoms with Crippen molar-refractivity contribution < 1.29 is 38.6 Å². The van der Waals surface area contributed by atoms with Crippen LogP contribution >= 0.6 is 34.5 Å². The summed E-state index contributed by atoms with van der Waals surface area (Å²) in [5.41, 5.74) is 8.60. The van der Waals surface area contributed by atoms with E-state index in [0.29, 0.717) is 26.9 Å². The molecule has 16 heteroatoms. The highest BCUT2D eigenvalue weighted by Crippen LogP contribution is 2.22. The number of thiophene rings is 1. The van der Waals surface area contributed by atoms with Gasteiger partial charge in [0.1, 0.15) is 18.1 Å². The fraction of sp³-hybridized carbons (Fsp3) is 0.282. The summed E-state index contributed by atoms with van der Waals surface area (Å²) in [5, 5.41) is 22.6. The lowest BCUT2D eigenvalue weighted by Gasteiger charge is -2.24. The summed E-state index contributed by atoms with van der Waals surface area (Å²) in [6, 6.07) is 19.5. The van der Waals surface area contributed by atoms with Gasteiger partial charge in [-0.2, -0.15) is 0 Å². The van der Waals surface area contributed by atoms with Crippen LogP contribution in [0.25, 0.3) is 0 Å². The number of carbonyl (C=O) groups excluding carboxylic acids is 5. The number of nitrogens with one attached hydrogen (secondary N) is 4. The van der Waals surface area contributed by atoms with Gasteiger partial charge in [-0.15, -0.1) is 11.3 Å². The first-order chi connectivity index (χ1) is 26.3. The second-order valence-corrected chi connectivity index (χ2v) is 14.4. The Labute approximate surface area is 331 Å². The summed E-state index contributed by atoms with van der Waals surface area (Å²) in [4.78, 5) is 77.2. The van der Waals surface area contributed by atoms with E-state index < -0.39 is 59.7 Å². The van der Waals surface area contributed by atoms with Gasteiger partial charge in [0, 0.05) is 52.7 Å². The first-order valence-electron chi connectivity index (χ1n) is 17.2. The average Bonchev–Trinajstić information content (AvgIpc) is 3.68. The molecule has 1 heterocycles. The summed E-state index contributed by atoms with van der Waals surface area (Å²) in [5.74, 6) is -4.16. The maximum atomic E-state index is 13.7. The zero-order chi connectivity index (χ0) is 39.9. The van der Waals surface area contributed by atoms with Crippen LogP contribution in [-0.4, -0.2) is 72.0 Å². The molecule has 0 unspecified atom stereocenters. The number of carboxylic acid groups (broad SMARTS) is 1. The van der Waals surface area contributed by atoms with Crippen LogP contribution in [0.4, 0.5) is 5.69 Å². The van der Waals surface area contributed by atoms with E-state index in [4.69, 9.17) is 33.7 Å². The first kappa shape index (κ1) is 42.5. The fourth-order valence-electron chi connectivity index (χ4n) is 5.47. The summed E-state index contributed by atoms with van der Waals surface area (Å²) < 4.78 is 4.97. The number of carboxylic acids is 1. The van der Waals surface area contributed by atoms with Crippen LogP contribution in [-0.2, 0) is 59.2 Å². The van der Waals surface area contributed by atoms with Crippen LogP contribution in [0.5, 0.6) is 0 Å². The minimum absolute atomic E-state index is 0.0175. The number of hydrogen-bond acceptors (Lipinski definition) is 9. The zero-order valence-electron chi connectivity index (χ0n) is 29.8.